The number of halogens is 3. The fourth-order valence-electron chi connectivity index (χ4n) is 1.92. The smallest absolute Gasteiger partial charge is 0.304 e. The van der Waals surface area contributed by atoms with Crippen molar-refractivity contribution in [1.82, 2.24) is 0 Å². The summed E-state index contributed by atoms with van der Waals surface area (Å²) in [5.74, 6) is -3.03. The number of carboxylic acids is 1. The van der Waals surface area contributed by atoms with Crippen LogP contribution in [0.5, 0.6) is 0 Å². The molecule has 1 aliphatic carbocycles. The summed E-state index contributed by atoms with van der Waals surface area (Å²) in [4.78, 5) is 10.7. The van der Waals surface area contributed by atoms with Crippen molar-refractivity contribution in [2.45, 2.75) is 24.7 Å². The molecule has 0 saturated heterocycles. The van der Waals surface area contributed by atoms with Gasteiger partial charge in [0.15, 0.2) is 11.6 Å². The Hall–Kier alpha value is -1.16. The Balaban J connectivity index is 2.44. The molecule has 1 fully saturated rings. The van der Waals surface area contributed by atoms with Crippen molar-refractivity contribution in [3.63, 3.8) is 0 Å². The van der Waals surface area contributed by atoms with Crippen molar-refractivity contribution in [2.75, 3.05) is 0 Å². The van der Waals surface area contributed by atoms with Crippen LogP contribution in [0.4, 0.5) is 8.78 Å². The topological polar surface area (TPSA) is 37.3 Å². The second-order valence-corrected chi connectivity index (χ2v) is 4.54. The average Bonchev–Trinajstić information content (AvgIpc) is 2.91. The Morgan fingerprint density at radius 1 is 1.44 bits per heavy atom. The van der Waals surface area contributed by atoms with Gasteiger partial charge >= 0.3 is 5.97 Å². The fraction of sp³-hybridized carbons (Fsp3) is 0.364. The van der Waals surface area contributed by atoms with Gasteiger partial charge in [-0.3, -0.25) is 4.79 Å². The van der Waals surface area contributed by atoms with Gasteiger partial charge in [-0.15, -0.1) is 0 Å². The highest BCUT2D eigenvalue weighted by atomic mass is 35.5. The SMILES string of the molecule is O=C(O)CC1(c2cc(Cl)cc(F)c2F)CC1. The summed E-state index contributed by atoms with van der Waals surface area (Å²) in [5.41, 5.74) is -0.679. The van der Waals surface area contributed by atoms with Crippen LogP contribution in [-0.2, 0) is 10.2 Å². The van der Waals surface area contributed by atoms with E-state index in [-0.39, 0.29) is 17.0 Å². The van der Waals surface area contributed by atoms with Gasteiger partial charge in [0.2, 0.25) is 0 Å². The normalized spacial score (nSPS) is 17.2. The first-order valence-corrected chi connectivity index (χ1v) is 5.19. The number of hydrogen-bond donors (Lipinski definition) is 1. The minimum absolute atomic E-state index is 0.0832. The molecular formula is C11H9ClF2O2. The first kappa shape index (κ1) is 11.3. The minimum atomic E-state index is -1.03. The van der Waals surface area contributed by atoms with E-state index in [4.69, 9.17) is 16.7 Å². The highest BCUT2D eigenvalue weighted by Gasteiger charge is 2.48. The molecule has 86 valence electrons. The number of benzene rings is 1. The summed E-state index contributed by atoms with van der Waals surface area (Å²) in [6, 6.07) is 2.20. The molecule has 0 amide bonds. The lowest BCUT2D eigenvalue weighted by Crippen LogP contribution is -2.15. The van der Waals surface area contributed by atoms with E-state index < -0.39 is 23.0 Å². The fourth-order valence-corrected chi connectivity index (χ4v) is 2.13. The summed E-state index contributed by atoms with van der Waals surface area (Å²) >= 11 is 5.64. The molecule has 1 saturated carbocycles. The van der Waals surface area contributed by atoms with Crippen LogP contribution in [-0.4, -0.2) is 11.1 Å². The summed E-state index contributed by atoms with van der Waals surface area (Å²) in [6.07, 6.45) is 0.912. The van der Waals surface area contributed by atoms with Crippen LogP contribution >= 0.6 is 11.6 Å². The number of hydrogen-bond acceptors (Lipinski definition) is 1. The Kier molecular flexibility index (Phi) is 2.62. The Bertz CT molecular complexity index is 456. The summed E-state index contributed by atoms with van der Waals surface area (Å²) in [5, 5.41) is 8.82. The maximum atomic E-state index is 13.5. The van der Waals surface area contributed by atoms with E-state index >= 15 is 0 Å². The molecule has 1 aromatic rings. The standard InChI is InChI=1S/C11H9ClF2O2/c12-6-3-7(10(14)8(13)4-6)11(1-2-11)5-9(15)16/h3-4H,1-2,5H2,(H,15,16). The summed E-state index contributed by atoms with van der Waals surface area (Å²) in [6.45, 7) is 0. The van der Waals surface area contributed by atoms with Crippen molar-refractivity contribution in [3.05, 3.63) is 34.4 Å². The van der Waals surface area contributed by atoms with Crippen LogP contribution in [0.2, 0.25) is 5.02 Å². The van der Waals surface area contributed by atoms with Crippen LogP contribution in [0.25, 0.3) is 0 Å². The summed E-state index contributed by atoms with van der Waals surface area (Å²) < 4.78 is 26.7. The van der Waals surface area contributed by atoms with E-state index in [9.17, 15) is 13.6 Å². The molecule has 0 unspecified atom stereocenters. The Morgan fingerprint density at radius 2 is 2.06 bits per heavy atom. The molecule has 0 heterocycles. The highest BCUT2D eigenvalue weighted by Crippen LogP contribution is 2.52. The van der Waals surface area contributed by atoms with Crippen molar-refractivity contribution in [2.24, 2.45) is 0 Å². The molecule has 0 aliphatic heterocycles. The van der Waals surface area contributed by atoms with E-state index in [0.29, 0.717) is 12.8 Å². The molecule has 0 aromatic heterocycles. The zero-order chi connectivity index (χ0) is 11.9. The predicted molar refractivity (Wildman–Crippen MR) is 54.5 cm³/mol. The van der Waals surface area contributed by atoms with Gasteiger partial charge in [0, 0.05) is 10.4 Å². The van der Waals surface area contributed by atoms with E-state index in [1.54, 1.807) is 0 Å². The molecule has 1 aromatic carbocycles. The largest absolute Gasteiger partial charge is 0.481 e. The van der Waals surface area contributed by atoms with Gasteiger partial charge in [0.05, 0.1) is 6.42 Å². The van der Waals surface area contributed by atoms with Crippen LogP contribution in [0.15, 0.2) is 12.1 Å². The van der Waals surface area contributed by atoms with Crippen LogP contribution in [0.3, 0.4) is 0 Å². The Morgan fingerprint density at radius 3 is 2.56 bits per heavy atom. The van der Waals surface area contributed by atoms with Gasteiger partial charge < -0.3 is 5.11 Å². The third kappa shape index (κ3) is 1.89. The summed E-state index contributed by atoms with van der Waals surface area (Å²) in [7, 11) is 0. The predicted octanol–water partition coefficient (Wildman–Crippen LogP) is 3.12. The lowest BCUT2D eigenvalue weighted by molar-refractivity contribution is -0.137. The van der Waals surface area contributed by atoms with Crippen LogP contribution < -0.4 is 0 Å². The number of carboxylic acid groups (broad SMARTS) is 1. The minimum Gasteiger partial charge on any atom is -0.481 e. The average molecular weight is 247 g/mol. The van der Waals surface area contributed by atoms with Crippen molar-refractivity contribution >= 4 is 17.6 Å². The molecule has 1 aliphatic rings. The van der Waals surface area contributed by atoms with Crippen molar-refractivity contribution in [1.29, 1.82) is 0 Å². The first-order chi connectivity index (χ1) is 7.44. The van der Waals surface area contributed by atoms with Crippen LogP contribution in [0.1, 0.15) is 24.8 Å². The molecule has 0 spiro atoms. The third-order valence-electron chi connectivity index (χ3n) is 2.91. The molecule has 0 radical (unpaired) electrons. The van der Waals surface area contributed by atoms with E-state index in [1.165, 1.54) is 6.07 Å². The van der Waals surface area contributed by atoms with Gasteiger partial charge in [-0.25, -0.2) is 8.78 Å². The monoisotopic (exact) mass is 246 g/mol. The van der Waals surface area contributed by atoms with Crippen LogP contribution in [0, 0.1) is 11.6 Å². The van der Waals surface area contributed by atoms with E-state index in [0.717, 1.165) is 6.07 Å². The highest BCUT2D eigenvalue weighted by molar-refractivity contribution is 6.30. The van der Waals surface area contributed by atoms with Gasteiger partial charge in [0.25, 0.3) is 0 Å². The first-order valence-electron chi connectivity index (χ1n) is 4.81. The third-order valence-corrected chi connectivity index (χ3v) is 3.13. The lowest BCUT2D eigenvalue weighted by Gasteiger charge is -2.14. The molecule has 0 bridgehead atoms. The van der Waals surface area contributed by atoms with Crippen molar-refractivity contribution in [3.8, 4) is 0 Å². The number of aliphatic carboxylic acids is 1. The lowest BCUT2D eigenvalue weighted by atomic mass is 9.92. The molecule has 2 rings (SSSR count). The van der Waals surface area contributed by atoms with E-state index in [2.05, 4.69) is 0 Å². The number of carbonyl (C=O) groups is 1. The Labute approximate surface area is 95.8 Å². The zero-order valence-corrected chi connectivity index (χ0v) is 9.02. The van der Waals surface area contributed by atoms with Gasteiger partial charge in [0.1, 0.15) is 0 Å². The van der Waals surface area contributed by atoms with E-state index in [1.807, 2.05) is 0 Å². The second kappa shape index (κ2) is 3.70. The maximum Gasteiger partial charge on any atom is 0.304 e. The van der Waals surface area contributed by atoms with Crippen molar-refractivity contribution < 1.29 is 18.7 Å². The molecule has 16 heavy (non-hydrogen) atoms. The maximum absolute atomic E-state index is 13.5. The zero-order valence-electron chi connectivity index (χ0n) is 8.27. The molecule has 0 atom stereocenters. The molecule has 5 heteroatoms. The van der Waals surface area contributed by atoms with Gasteiger partial charge in [-0.05, 0) is 30.5 Å². The molecule has 2 nitrogen and oxygen atoms in total. The quantitative estimate of drug-likeness (QED) is 0.832. The second-order valence-electron chi connectivity index (χ2n) is 4.10. The number of rotatable bonds is 3. The van der Waals surface area contributed by atoms with Gasteiger partial charge in [-0.2, -0.15) is 0 Å². The van der Waals surface area contributed by atoms with Gasteiger partial charge in [-0.1, -0.05) is 11.6 Å². The molecular weight excluding hydrogens is 238 g/mol. The molecule has 1 N–H and O–H groups in total.